The van der Waals surface area contributed by atoms with E-state index < -0.39 is 6.10 Å². The van der Waals surface area contributed by atoms with Crippen LogP contribution in [0.25, 0.3) is 0 Å². The molecule has 1 aromatic rings. The van der Waals surface area contributed by atoms with Crippen molar-refractivity contribution in [1.29, 1.82) is 5.26 Å². The average molecular weight is 231 g/mol. The summed E-state index contributed by atoms with van der Waals surface area (Å²) in [4.78, 5) is 6.53. The van der Waals surface area contributed by atoms with Gasteiger partial charge in [0.2, 0.25) is 0 Å². The van der Waals surface area contributed by atoms with E-state index in [1.807, 2.05) is 12.1 Å². The number of aliphatic hydroxyl groups is 1. The first-order valence-corrected chi connectivity index (χ1v) is 6.00. The van der Waals surface area contributed by atoms with Gasteiger partial charge in [0.15, 0.2) is 0 Å². The second kappa shape index (κ2) is 5.15. The second-order valence-electron chi connectivity index (χ2n) is 4.42. The molecule has 0 aliphatic heterocycles. The highest BCUT2D eigenvalue weighted by molar-refractivity contribution is 5.49. The Balaban J connectivity index is 2.25. The monoisotopic (exact) mass is 231 g/mol. The summed E-state index contributed by atoms with van der Waals surface area (Å²) in [6.45, 7) is 2.44. The third-order valence-corrected chi connectivity index (χ3v) is 2.99. The van der Waals surface area contributed by atoms with Crippen LogP contribution >= 0.6 is 0 Å². The molecule has 1 aliphatic carbocycles. The first kappa shape index (κ1) is 11.9. The van der Waals surface area contributed by atoms with Crippen LogP contribution in [0.1, 0.15) is 37.9 Å². The Morgan fingerprint density at radius 2 is 2.41 bits per heavy atom. The zero-order valence-electron chi connectivity index (χ0n) is 10.0. The normalized spacial score (nSPS) is 16.3. The van der Waals surface area contributed by atoms with Gasteiger partial charge in [0.05, 0.1) is 18.6 Å². The Labute approximate surface area is 102 Å². The summed E-state index contributed by atoms with van der Waals surface area (Å²) < 4.78 is 0. The average Bonchev–Trinajstić information content (AvgIpc) is 3.14. The van der Waals surface area contributed by atoms with Crippen LogP contribution in [0.15, 0.2) is 18.3 Å². The predicted octanol–water partition coefficient (Wildman–Crippen LogP) is 2.02. The fourth-order valence-electron chi connectivity index (χ4n) is 1.99. The second-order valence-corrected chi connectivity index (χ2v) is 4.42. The molecule has 4 nitrogen and oxygen atoms in total. The van der Waals surface area contributed by atoms with Gasteiger partial charge in [-0.3, -0.25) is 0 Å². The lowest BCUT2D eigenvalue weighted by atomic mass is 10.1. The molecule has 0 aromatic carbocycles. The van der Waals surface area contributed by atoms with E-state index in [2.05, 4.69) is 16.0 Å². The van der Waals surface area contributed by atoms with Gasteiger partial charge >= 0.3 is 0 Å². The number of pyridine rings is 1. The van der Waals surface area contributed by atoms with Gasteiger partial charge in [0.25, 0.3) is 0 Å². The highest BCUT2D eigenvalue weighted by atomic mass is 16.3. The zero-order chi connectivity index (χ0) is 12.3. The summed E-state index contributed by atoms with van der Waals surface area (Å²) in [5.74, 6) is 0.834. The Morgan fingerprint density at radius 1 is 1.65 bits per heavy atom. The van der Waals surface area contributed by atoms with E-state index in [1.54, 1.807) is 13.1 Å². The molecule has 2 rings (SSSR count). The lowest BCUT2D eigenvalue weighted by Crippen LogP contribution is -2.29. The van der Waals surface area contributed by atoms with Crippen LogP contribution < -0.4 is 4.90 Å². The fraction of sp³-hybridized carbons (Fsp3) is 0.538. The standard InChI is InChI=1S/C13H17N3O/c1-10(17)12-4-2-8-15-13(12)16(9-3-7-14)11-5-6-11/h2,4,8,10-11,17H,3,5-6,9H2,1H3/t10-/m1/s1. The van der Waals surface area contributed by atoms with E-state index in [-0.39, 0.29) is 0 Å². The number of anilines is 1. The number of aromatic nitrogens is 1. The van der Waals surface area contributed by atoms with Crippen molar-refractivity contribution in [3.05, 3.63) is 23.9 Å². The maximum atomic E-state index is 9.75. The topological polar surface area (TPSA) is 60.2 Å². The van der Waals surface area contributed by atoms with E-state index in [0.29, 0.717) is 19.0 Å². The smallest absolute Gasteiger partial charge is 0.134 e. The molecule has 0 unspecified atom stereocenters. The highest BCUT2D eigenvalue weighted by Crippen LogP contribution is 2.34. The van der Waals surface area contributed by atoms with E-state index in [1.165, 1.54) is 0 Å². The molecule has 1 atom stereocenters. The number of hydrogen-bond acceptors (Lipinski definition) is 4. The number of nitrogens with zero attached hydrogens (tertiary/aromatic N) is 3. The number of nitriles is 1. The van der Waals surface area contributed by atoms with Gasteiger partial charge in [0, 0.05) is 24.3 Å². The van der Waals surface area contributed by atoms with Gasteiger partial charge in [-0.2, -0.15) is 5.26 Å². The molecule has 0 bridgehead atoms. The van der Waals surface area contributed by atoms with E-state index in [4.69, 9.17) is 5.26 Å². The molecule has 1 aromatic heterocycles. The van der Waals surface area contributed by atoms with Gasteiger partial charge in [0.1, 0.15) is 5.82 Å². The molecule has 17 heavy (non-hydrogen) atoms. The van der Waals surface area contributed by atoms with Gasteiger partial charge in [-0.05, 0) is 25.8 Å². The predicted molar refractivity (Wildman–Crippen MR) is 65.5 cm³/mol. The minimum Gasteiger partial charge on any atom is -0.389 e. The highest BCUT2D eigenvalue weighted by Gasteiger charge is 2.31. The third kappa shape index (κ3) is 2.75. The third-order valence-electron chi connectivity index (χ3n) is 2.99. The van der Waals surface area contributed by atoms with Gasteiger partial charge < -0.3 is 10.0 Å². The van der Waals surface area contributed by atoms with Crippen LogP contribution in [0.2, 0.25) is 0 Å². The first-order valence-electron chi connectivity index (χ1n) is 6.00. The zero-order valence-corrected chi connectivity index (χ0v) is 10.0. The summed E-state index contributed by atoms with van der Waals surface area (Å²) in [5, 5.41) is 18.4. The molecular formula is C13H17N3O. The number of hydrogen-bond donors (Lipinski definition) is 1. The largest absolute Gasteiger partial charge is 0.389 e. The minimum absolute atomic E-state index is 0.492. The van der Waals surface area contributed by atoms with Crippen LogP contribution in [-0.2, 0) is 0 Å². The lowest BCUT2D eigenvalue weighted by Gasteiger charge is -2.25. The van der Waals surface area contributed by atoms with Gasteiger partial charge in [-0.15, -0.1) is 0 Å². The molecule has 0 spiro atoms. The molecule has 1 fully saturated rings. The van der Waals surface area contributed by atoms with Crippen molar-refractivity contribution < 1.29 is 5.11 Å². The molecule has 1 saturated carbocycles. The minimum atomic E-state index is -0.526. The molecule has 1 N–H and O–H groups in total. The van der Waals surface area contributed by atoms with E-state index in [0.717, 1.165) is 24.2 Å². The summed E-state index contributed by atoms with van der Waals surface area (Å²) in [5.41, 5.74) is 0.845. The van der Waals surface area contributed by atoms with Gasteiger partial charge in [-0.1, -0.05) is 6.07 Å². The quantitative estimate of drug-likeness (QED) is 0.842. The maximum absolute atomic E-state index is 9.75. The lowest BCUT2D eigenvalue weighted by molar-refractivity contribution is 0.199. The summed E-state index contributed by atoms with van der Waals surface area (Å²) in [6, 6.07) is 6.40. The van der Waals surface area contributed by atoms with Gasteiger partial charge in [-0.25, -0.2) is 4.98 Å². The van der Waals surface area contributed by atoms with Crippen LogP contribution in [0.5, 0.6) is 0 Å². The Kier molecular flexibility index (Phi) is 3.60. The molecule has 1 heterocycles. The molecule has 0 saturated heterocycles. The molecule has 0 radical (unpaired) electrons. The SMILES string of the molecule is C[C@@H](O)c1cccnc1N(CCC#N)C1CC1. The van der Waals surface area contributed by atoms with Crippen molar-refractivity contribution in [2.24, 2.45) is 0 Å². The molecule has 0 amide bonds. The van der Waals surface area contributed by atoms with Crippen LogP contribution in [-0.4, -0.2) is 22.7 Å². The summed E-state index contributed by atoms with van der Waals surface area (Å²) in [6.07, 6.45) is 4.01. The maximum Gasteiger partial charge on any atom is 0.134 e. The van der Waals surface area contributed by atoms with Crippen molar-refractivity contribution in [1.82, 2.24) is 4.98 Å². The Morgan fingerprint density at radius 3 is 3.00 bits per heavy atom. The van der Waals surface area contributed by atoms with Crippen molar-refractivity contribution in [3.8, 4) is 6.07 Å². The fourth-order valence-corrected chi connectivity index (χ4v) is 1.99. The molecule has 90 valence electrons. The van der Waals surface area contributed by atoms with E-state index in [9.17, 15) is 5.11 Å². The van der Waals surface area contributed by atoms with Crippen molar-refractivity contribution >= 4 is 5.82 Å². The Hall–Kier alpha value is -1.60. The number of aliphatic hydroxyl groups excluding tert-OH is 1. The first-order chi connectivity index (χ1) is 8.24. The molecule has 1 aliphatic rings. The molecular weight excluding hydrogens is 214 g/mol. The summed E-state index contributed by atoms with van der Waals surface area (Å²) >= 11 is 0. The van der Waals surface area contributed by atoms with Crippen LogP contribution in [0, 0.1) is 11.3 Å². The molecule has 4 heteroatoms. The van der Waals surface area contributed by atoms with Crippen LogP contribution in [0.3, 0.4) is 0 Å². The van der Waals surface area contributed by atoms with Crippen molar-refractivity contribution in [3.63, 3.8) is 0 Å². The van der Waals surface area contributed by atoms with Crippen LogP contribution in [0.4, 0.5) is 5.82 Å². The Bertz CT molecular complexity index is 421. The number of rotatable bonds is 5. The van der Waals surface area contributed by atoms with E-state index >= 15 is 0 Å². The van der Waals surface area contributed by atoms with Crippen molar-refractivity contribution in [2.45, 2.75) is 38.3 Å². The van der Waals surface area contributed by atoms with Crippen molar-refractivity contribution in [2.75, 3.05) is 11.4 Å². The summed E-state index contributed by atoms with van der Waals surface area (Å²) in [7, 11) is 0.